The molecule has 6 rings (SSSR count). The first-order chi connectivity index (χ1) is 19.8. The van der Waals surface area contributed by atoms with Gasteiger partial charge in [0, 0.05) is 17.9 Å². The van der Waals surface area contributed by atoms with Crippen LogP contribution in [0.1, 0.15) is 36.0 Å². The number of hydrogen-bond acceptors (Lipinski definition) is 4. The van der Waals surface area contributed by atoms with Crippen LogP contribution < -0.4 is 10.7 Å². The molecule has 1 atom stereocenters. The van der Waals surface area contributed by atoms with Crippen molar-refractivity contribution in [2.24, 2.45) is 11.0 Å². The van der Waals surface area contributed by atoms with E-state index in [4.69, 9.17) is 5.41 Å². The van der Waals surface area contributed by atoms with Gasteiger partial charge >= 0.3 is 6.18 Å². The van der Waals surface area contributed by atoms with E-state index in [0.717, 1.165) is 47.5 Å². The predicted octanol–water partition coefficient (Wildman–Crippen LogP) is 8.24. The molecule has 0 saturated heterocycles. The molecule has 0 aromatic heterocycles. The van der Waals surface area contributed by atoms with Crippen LogP contribution in [0.5, 0.6) is 0 Å². The molecule has 1 heterocycles. The van der Waals surface area contributed by atoms with Crippen molar-refractivity contribution in [1.82, 2.24) is 5.43 Å². The molecule has 4 nitrogen and oxygen atoms in total. The van der Waals surface area contributed by atoms with E-state index in [9.17, 15) is 13.2 Å². The van der Waals surface area contributed by atoms with E-state index < -0.39 is 12.1 Å². The van der Waals surface area contributed by atoms with Crippen molar-refractivity contribution in [2.75, 3.05) is 11.9 Å². The zero-order chi connectivity index (χ0) is 28.4. The van der Waals surface area contributed by atoms with Gasteiger partial charge in [-0.3, -0.25) is 10.8 Å². The van der Waals surface area contributed by atoms with Crippen molar-refractivity contribution in [3.05, 3.63) is 131 Å². The summed E-state index contributed by atoms with van der Waals surface area (Å²) in [6.07, 6.45) is 14.0. The number of hydrogen-bond donors (Lipinski definition) is 3. The Morgan fingerprint density at radius 2 is 1.63 bits per heavy atom. The van der Waals surface area contributed by atoms with E-state index >= 15 is 0 Å². The van der Waals surface area contributed by atoms with Crippen molar-refractivity contribution >= 4 is 34.3 Å². The first kappa shape index (κ1) is 26.6. The predicted molar refractivity (Wildman–Crippen MR) is 161 cm³/mol. The molecule has 206 valence electrons. The maximum atomic E-state index is 13.2. The van der Waals surface area contributed by atoms with Crippen LogP contribution in [-0.2, 0) is 0 Å². The maximum Gasteiger partial charge on any atom is 0.395 e. The maximum absolute atomic E-state index is 13.2. The molecule has 0 saturated carbocycles. The van der Waals surface area contributed by atoms with Crippen LogP contribution in [0, 0.1) is 11.3 Å². The van der Waals surface area contributed by atoms with Gasteiger partial charge in [-0.05, 0) is 88.6 Å². The summed E-state index contributed by atoms with van der Waals surface area (Å²) >= 11 is 0. The van der Waals surface area contributed by atoms with E-state index in [2.05, 4.69) is 46.2 Å². The lowest BCUT2D eigenvalue weighted by atomic mass is 9.90. The van der Waals surface area contributed by atoms with Gasteiger partial charge in [0.2, 0.25) is 0 Å². The van der Waals surface area contributed by atoms with Crippen LogP contribution in [0.2, 0.25) is 0 Å². The molecule has 0 bridgehead atoms. The fraction of sp³-hybridized carbons (Fsp3) is 0.176. The second-order valence-electron chi connectivity index (χ2n) is 10.4. The monoisotopic (exact) mass is 550 g/mol. The molecule has 2 aromatic carbocycles. The number of para-hydroxylation sites is 1. The summed E-state index contributed by atoms with van der Waals surface area (Å²) < 4.78 is 39.5. The smallest absolute Gasteiger partial charge is 0.380 e. The Balaban J connectivity index is 1.09. The van der Waals surface area contributed by atoms with Crippen LogP contribution in [0.3, 0.4) is 0 Å². The molecule has 3 aliphatic carbocycles. The average Bonchev–Trinajstić information content (AvgIpc) is 3.00. The quantitative estimate of drug-likeness (QED) is 0.259. The fourth-order valence-electron chi connectivity index (χ4n) is 5.32. The van der Waals surface area contributed by atoms with Crippen molar-refractivity contribution in [1.29, 1.82) is 5.41 Å². The number of fused-ring (bicyclic) bond motifs is 1. The van der Waals surface area contributed by atoms with Crippen LogP contribution in [0.15, 0.2) is 119 Å². The summed E-state index contributed by atoms with van der Waals surface area (Å²) in [6, 6.07) is 15.7. The molecular formula is C34H29F3N4. The lowest BCUT2D eigenvalue weighted by Gasteiger charge is -2.22. The average molecular weight is 551 g/mol. The van der Waals surface area contributed by atoms with Crippen LogP contribution in [-0.4, -0.2) is 24.1 Å². The van der Waals surface area contributed by atoms with E-state index in [1.165, 1.54) is 22.8 Å². The number of nitrogens with one attached hydrogen (secondary N) is 3. The van der Waals surface area contributed by atoms with Crippen molar-refractivity contribution in [2.45, 2.75) is 25.4 Å². The van der Waals surface area contributed by atoms with Crippen LogP contribution in [0.25, 0.3) is 17.2 Å². The number of rotatable bonds is 5. The first-order valence-electron chi connectivity index (χ1n) is 13.7. The standard InChI is InChI=1S/C34H29F3N4/c35-34(36,37)29-6-3-5-25(19-29)22-8-10-23(11-9-22)26-14-17-33(31(38)20-26)41-40-30-15-12-24(13-16-30)28-18-27-4-1-2-7-32(27)39-21-28/h1-5,7-12,14-15,17-20,29,38-40H,6,13,16,21H2/b38-31?,41-33-. The molecule has 41 heavy (non-hydrogen) atoms. The summed E-state index contributed by atoms with van der Waals surface area (Å²) in [4.78, 5) is 0. The minimum Gasteiger partial charge on any atom is -0.380 e. The third-order valence-electron chi connectivity index (χ3n) is 7.68. The molecule has 0 radical (unpaired) electrons. The highest BCUT2D eigenvalue weighted by atomic mass is 19.4. The number of nitrogens with zero attached hydrogens (tertiary/aromatic N) is 1. The highest BCUT2D eigenvalue weighted by Crippen LogP contribution is 2.36. The summed E-state index contributed by atoms with van der Waals surface area (Å²) in [5, 5.41) is 16.4. The molecule has 0 spiro atoms. The van der Waals surface area contributed by atoms with Gasteiger partial charge in [0.1, 0.15) is 5.71 Å². The van der Waals surface area contributed by atoms with Gasteiger partial charge in [-0.2, -0.15) is 18.3 Å². The molecule has 0 amide bonds. The van der Waals surface area contributed by atoms with Gasteiger partial charge in [-0.15, -0.1) is 0 Å². The zero-order valence-electron chi connectivity index (χ0n) is 22.3. The second kappa shape index (κ2) is 11.1. The summed E-state index contributed by atoms with van der Waals surface area (Å²) in [5.41, 5.74) is 13.0. The SMILES string of the molecule is N=C1C=C(c2ccc(C3=CC(C(F)(F)F)CC=C3)cc2)C=C/C1=N/NC1=CC=C(C2=Cc3ccccc3NC2)CC1. The lowest BCUT2D eigenvalue weighted by Crippen LogP contribution is -2.21. The summed E-state index contributed by atoms with van der Waals surface area (Å²) in [6.45, 7) is 0.814. The second-order valence-corrected chi connectivity index (χ2v) is 10.4. The van der Waals surface area contributed by atoms with Gasteiger partial charge in [-0.25, -0.2) is 0 Å². The van der Waals surface area contributed by atoms with E-state index in [1.807, 2.05) is 42.5 Å². The molecule has 0 fully saturated rings. The van der Waals surface area contributed by atoms with Gasteiger partial charge < -0.3 is 5.32 Å². The van der Waals surface area contributed by atoms with Gasteiger partial charge in [0.05, 0.1) is 11.6 Å². The molecule has 4 aliphatic rings. The lowest BCUT2D eigenvalue weighted by molar-refractivity contribution is -0.160. The highest BCUT2D eigenvalue weighted by Gasteiger charge is 2.38. The van der Waals surface area contributed by atoms with E-state index in [0.29, 0.717) is 11.3 Å². The number of alkyl halides is 3. The van der Waals surface area contributed by atoms with E-state index in [-0.39, 0.29) is 12.1 Å². The van der Waals surface area contributed by atoms with Gasteiger partial charge in [0.15, 0.2) is 0 Å². The Morgan fingerprint density at radius 3 is 2.37 bits per heavy atom. The Labute approximate surface area is 237 Å². The summed E-state index contributed by atoms with van der Waals surface area (Å²) in [5.74, 6) is -1.45. The van der Waals surface area contributed by atoms with Crippen molar-refractivity contribution < 1.29 is 13.2 Å². The minimum absolute atomic E-state index is 0.0237. The van der Waals surface area contributed by atoms with Crippen LogP contribution in [0.4, 0.5) is 18.9 Å². The normalized spacial score (nSPS) is 21.2. The molecule has 1 aliphatic heterocycles. The van der Waals surface area contributed by atoms with Gasteiger partial charge in [0.25, 0.3) is 0 Å². The number of allylic oxidation sites excluding steroid dienone is 11. The first-order valence-corrected chi connectivity index (χ1v) is 13.7. The molecule has 3 N–H and O–H groups in total. The molecule has 7 heteroatoms. The third kappa shape index (κ3) is 5.94. The minimum atomic E-state index is -4.24. The Kier molecular flexibility index (Phi) is 7.18. The molecule has 2 aromatic rings. The third-order valence-corrected chi connectivity index (χ3v) is 7.68. The molecular weight excluding hydrogens is 521 g/mol. The van der Waals surface area contributed by atoms with Crippen molar-refractivity contribution in [3.63, 3.8) is 0 Å². The number of benzene rings is 2. The van der Waals surface area contributed by atoms with E-state index in [1.54, 1.807) is 24.3 Å². The number of anilines is 1. The molecule has 1 unspecified atom stereocenters. The van der Waals surface area contributed by atoms with Crippen LogP contribution >= 0.6 is 0 Å². The Bertz CT molecular complexity index is 1630. The van der Waals surface area contributed by atoms with Gasteiger partial charge in [-0.1, -0.05) is 72.8 Å². The fourth-order valence-corrected chi connectivity index (χ4v) is 5.32. The van der Waals surface area contributed by atoms with Crippen molar-refractivity contribution in [3.8, 4) is 0 Å². The topological polar surface area (TPSA) is 60.3 Å². The number of hydrazone groups is 1. The Morgan fingerprint density at radius 1 is 0.854 bits per heavy atom. The highest BCUT2D eigenvalue weighted by molar-refractivity contribution is 6.51. The largest absolute Gasteiger partial charge is 0.395 e. The zero-order valence-corrected chi connectivity index (χ0v) is 22.3. The summed E-state index contributed by atoms with van der Waals surface area (Å²) in [7, 11) is 0. The number of halogens is 3. The Hall–Kier alpha value is -4.65.